The molecule has 3 aromatic carbocycles. The van der Waals surface area contributed by atoms with Gasteiger partial charge in [-0.3, -0.25) is 0 Å². The lowest BCUT2D eigenvalue weighted by atomic mass is 9.92. The molecule has 0 saturated heterocycles. The first kappa shape index (κ1) is 28.1. The van der Waals surface area contributed by atoms with Crippen LogP contribution in [0.25, 0.3) is 22.3 Å². The van der Waals surface area contributed by atoms with Crippen LogP contribution >= 0.6 is 0 Å². The van der Waals surface area contributed by atoms with Crippen LogP contribution in [0.5, 0.6) is 0 Å². The van der Waals surface area contributed by atoms with E-state index in [1.54, 1.807) is 42.5 Å². The summed E-state index contributed by atoms with van der Waals surface area (Å²) in [6, 6.07) is 14.2. The highest BCUT2D eigenvalue weighted by atomic mass is 19.4. The van der Waals surface area contributed by atoms with E-state index in [-0.39, 0.29) is 26.2 Å². The molecule has 0 atom stereocenters. The Hall–Kier alpha value is -4.47. The van der Waals surface area contributed by atoms with Crippen LogP contribution in [0.4, 0.5) is 13.2 Å². The topological polar surface area (TPSA) is 104 Å². The van der Waals surface area contributed by atoms with Gasteiger partial charge in [-0.1, -0.05) is 47.4 Å². The lowest BCUT2D eigenvalue weighted by molar-refractivity contribution is -0.137. The molecule has 0 amide bonds. The molecule has 0 heterocycles. The van der Waals surface area contributed by atoms with E-state index in [9.17, 15) is 13.2 Å². The molecule has 0 aromatic heterocycles. The zero-order valence-electron chi connectivity index (χ0n) is 20.5. The molecule has 0 aliphatic rings. The molecule has 0 aliphatic carbocycles. The van der Waals surface area contributed by atoms with Gasteiger partial charge in [-0.15, -0.1) is 0 Å². The predicted molar refractivity (Wildman–Crippen MR) is 146 cm³/mol. The lowest BCUT2D eigenvalue weighted by Gasteiger charge is -2.14. The SMILES string of the molecule is NCC#Cc1cc(C#CCN)cc(-c2cc(-c3cc(C#CCN)cc(C#CCN)c3)cc(C(F)(F)F)c2)c1. The Kier molecular flexibility index (Phi) is 9.75. The number of rotatable bonds is 2. The Balaban J connectivity index is 2.30. The molecular weight excluding hydrogens is 485 g/mol. The second-order valence-corrected chi connectivity index (χ2v) is 7.92. The summed E-state index contributed by atoms with van der Waals surface area (Å²) in [6.07, 6.45) is -4.58. The van der Waals surface area contributed by atoms with Crippen LogP contribution in [-0.2, 0) is 6.18 Å². The first-order chi connectivity index (χ1) is 18.3. The summed E-state index contributed by atoms with van der Waals surface area (Å²) in [6.45, 7) is 0.558. The van der Waals surface area contributed by atoms with Crippen LogP contribution in [-0.4, -0.2) is 26.2 Å². The van der Waals surface area contributed by atoms with E-state index < -0.39 is 11.7 Å². The summed E-state index contributed by atoms with van der Waals surface area (Å²) in [5, 5.41) is 0. The fraction of sp³-hybridized carbons (Fsp3) is 0.161. The summed E-state index contributed by atoms with van der Waals surface area (Å²) in [5.41, 5.74) is 25.2. The number of halogens is 3. The van der Waals surface area contributed by atoms with Gasteiger partial charge in [0.2, 0.25) is 0 Å². The summed E-state index contributed by atoms with van der Waals surface area (Å²) >= 11 is 0. The van der Waals surface area contributed by atoms with Crippen LogP contribution in [0.1, 0.15) is 27.8 Å². The molecule has 0 spiro atoms. The van der Waals surface area contributed by atoms with Crippen molar-refractivity contribution in [2.24, 2.45) is 22.9 Å². The quantitative estimate of drug-likeness (QED) is 0.397. The summed E-state index contributed by atoms with van der Waals surface area (Å²) in [5.74, 6) is 22.8. The fourth-order valence-corrected chi connectivity index (χ4v) is 3.61. The van der Waals surface area contributed by atoms with E-state index in [0.717, 1.165) is 12.1 Å². The highest BCUT2D eigenvalue weighted by Gasteiger charge is 2.31. The zero-order valence-corrected chi connectivity index (χ0v) is 20.5. The summed E-state index contributed by atoms with van der Waals surface area (Å²) in [4.78, 5) is 0. The molecular formula is C31H25F3N4. The molecule has 8 N–H and O–H groups in total. The minimum absolute atomic E-state index is 0.139. The largest absolute Gasteiger partial charge is 0.416 e. The normalized spacial score (nSPS) is 10.1. The Morgan fingerprint density at radius 1 is 0.447 bits per heavy atom. The average molecular weight is 511 g/mol. The Bertz CT molecular complexity index is 1380. The van der Waals surface area contributed by atoms with E-state index in [0.29, 0.717) is 44.5 Å². The summed E-state index contributed by atoms with van der Waals surface area (Å²) in [7, 11) is 0. The Morgan fingerprint density at radius 2 is 0.737 bits per heavy atom. The van der Waals surface area contributed by atoms with Crippen molar-refractivity contribution in [1.82, 2.24) is 0 Å². The van der Waals surface area contributed by atoms with Crippen LogP contribution in [0.15, 0.2) is 54.6 Å². The highest BCUT2D eigenvalue weighted by Crippen LogP contribution is 2.37. The van der Waals surface area contributed by atoms with Crippen molar-refractivity contribution < 1.29 is 13.2 Å². The fourth-order valence-electron chi connectivity index (χ4n) is 3.61. The van der Waals surface area contributed by atoms with Gasteiger partial charge in [0.1, 0.15) is 0 Å². The van der Waals surface area contributed by atoms with Crippen molar-refractivity contribution in [1.29, 1.82) is 0 Å². The van der Waals surface area contributed by atoms with Crippen molar-refractivity contribution in [3.63, 3.8) is 0 Å². The third-order valence-electron chi connectivity index (χ3n) is 5.13. The van der Waals surface area contributed by atoms with Gasteiger partial charge in [0.15, 0.2) is 0 Å². The first-order valence-corrected chi connectivity index (χ1v) is 11.6. The van der Waals surface area contributed by atoms with Gasteiger partial charge < -0.3 is 22.9 Å². The molecule has 0 fully saturated rings. The second kappa shape index (κ2) is 13.2. The van der Waals surface area contributed by atoms with Crippen LogP contribution in [0, 0.1) is 47.4 Å². The van der Waals surface area contributed by atoms with E-state index >= 15 is 0 Å². The molecule has 38 heavy (non-hydrogen) atoms. The van der Waals surface area contributed by atoms with Gasteiger partial charge in [-0.2, -0.15) is 13.2 Å². The van der Waals surface area contributed by atoms with Gasteiger partial charge in [0, 0.05) is 22.3 Å². The Morgan fingerprint density at radius 3 is 1.00 bits per heavy atom. The maximum absolute atomic E-state index is 14.0. The standard InChI is InChI=1S/C31H25F3N4/c32-31(33,34)30-20-28(26-15-22(5-1-9-35)13-23(16-26)6-2-10-36)19-29(21-30)27-17-24(7-3-11-37)14-25(18-27)8-4-12-38/h13-21H,9-12,35-38H2. The van der Waals surface area contributed by atoms with Gasteiger partial charge >= 0.3 is 6.18 Å². The van der Waals surface area contributed by atoms with Crippen molar-refractivity contribution in [3.8, 4) is 69.6 Å². The zero-order chi connectivity index (χ0) is 27.5. The number of nitrogens with two attached hydrogens (primary N) is 4. The number of alkyl halides is 3. The molecule has 0 radical (unpaired) electrons. The first-order valence-electron chi connectivity index (χ1n) is 11.6. The third-order valence-corrected chi connectivity index (χ3v) is 5.13. The predicted octanol–water partition coefficient (Wildman–Crippen LogP) is 3.28. The second-order valence-electron chi connectivity index (χ2n) is 7.92. The highest BCUT2D eigenvalue weighted by molar-refractivity contribution is 5.77. The molecule has 3 rings (SSSR count). The Labute approximate surface area is 220 Å². The number of benzene rings is 3. The summed E-state index contributed by atoms with van der Waals surface area (Å²) < 4.78 is 42.1. The third kappa shape index (κ3) is 7.76. The van der Waals surface area contributed by atoms with Crippen molar-refractivity contribution in [3.05, 3.63) is 82.4 Å². The molecule has 190 valence electrons. The smallest absolute Gasteiger partial charge is 0.320 e. The van der Waals surface area contributed by atoms with Crippen molar-refractivity contribution in [2.75, 3.05) is 26.2 Å². The van der Waals surface area contributed by atoms with Crippen LogP contribution in [0.2, 0.25) is 0 Å². The van der Waals surface area contributed by atoms with E-state index in [1.165, 1.54) is 0 Å². The minimum atomic E-state index is -4.58. The monoisotopic (exact) mass is 510 g/mol. The van der Waals surface area contributed by atoms with Gasteiger partial charge in [0.25, 0.3) is 0 Å². The van der Waals surface area contributed by atoms with Gasteiger partial charge in [-0.05, 0) is 76.9 Å². The van der Waals surface area contributed by atoms with Crippen molar-refractivity contribution in [2.45, 2.75) is 6.18 Å². The maximum atomic E-state index is 14.0. The molecule has 0 unspecified atom stereocenters. The molecule has 7 heteroatoms. The van der Waals surface area contributed by atoms with Crippen LogP contribution in [0.3, 0.4) is 0 Å². The van der Waals surface area contributed by atoms with Crippen molar-refractivity contribution >= 4 is 0 Å². The van der Waals surface area contributed by atoms with E-state index in [4.69, 9.17) is 22.9 Å². The molecule has 0 bridgehead atoms. The minimum Gasteiger partial charge on any atom is -0.320 e. The lowest BCUT2D eigenvalue weighted by Crippen LogP contribution is -2.05. The van der Waals surface area contributed by atoms with Crippen LogP contribution < -0.4 is 22.9 Å². The average Bonchev–Trinajstić information content (AvgIpc) is 2.91. The van der Waals surface area contributed by atoms with Gasteiger partial charge in [-0.25, -0.2) is 0 Å². The van der Waals surface area contributed by atoms with E-state index in [2.05, 4.69) is 47.4 Å². The van der Waals surface area contributed by atoms with Gasteiger partial charge in [0.05, 0.1) is 31.7 Å². The molecule has 0 saturated carbocycles. The number of hydrogen-bond donors (Lipinski definition) is 4. The van der Waals surface area contributed by atoms with E-state index in [1.807, 2.05) is 0 Å². The number of hydrogen-bond acceptors (Lipinski definition) is 4. The molecule has 3 aromatic rings. The molecule has 0 aliphatic heterocycles. The maximum Gasteiger partial charge on any atom is 0.416 e. The molecule has 4 nitrogen and oxygen atoms in total.